The SMILES string of the molecule is COc1cc2c(Nc3ccc(F)c(Cl)c3F)ncnc2cc1OC[C@@H]1CN2CCC[C@H]2CO1.Cl. The number of aromatic nitrogens is 2. The number of halogens is 4. The van der Waals surface area contributed by atoms with Crippen molar-refractivity contribution in [3.8, 4) is 11.5 Å². The molecule has 2 atom stereocenters. The third-order valence-electron chi connectivity index (χ3n) is 6.10. The summed E-state index contributed by atoms with van der Waals surface area (Å²) in [4.78, 5) is 11.0. The van der Waals surface area contributed by atoms with Gasteiger partial charge in [0.1, 0.15) is 35.7 Å². The van der Waals surface area contributed by atoms with E-state index in [0.717, 1.165) is 25.8 Å². The fourth-order valence-corrected chi connectivity index (χ4v) is 4.52. The fourth-order valence-electron chi connectivity index (χ4n) is 4.36. The monoisotopic (exact) mass is 512 g/mol. The van der Waals surface area contributed by atoms with E-state index in [9.17, 15) is 8.78 Å². The quantitative estimate of drug-likeness (QED) is 0.467. The molecule has 1 aromatic heterocycles. The molecule has 7 nitrogen and oxygen atoms in total. The van der Waals surface area contributed by atoms with Crippen LogP contribution in [0.15, 0.2) is 30.6 Å². The second-order valence-corrected chi connectivity index (χ2v) is 8.53. The van der Waals surface area contributed by atoms with Crippen molar-refractivity contribution < 1.29 is 23.0 Å². The van der Waals surface area contributed by atoms with Gasteiger partial charge in [-0.3, -0.25) is 4.90 Å². The number of anilines is 2. The van der Waals surface area contributed by atoms with Crippen molar-refractivity contribution >= 4 is 46.4 Å². The van der Waals surface area contributed by atoms with Crippen LogP contribution in [-0.4, -0.2) is 60.4 Å². The molecular formula is C23H24Cl2F2N4O3. The van der Waals surface area contributed by atoms with Gasteiger partial charge in [0.2, 0.25) is 0 Å². The molecule has 0 bridgehead atoms. The predicted octanol–water partition coefficient (Wildman–Crippen LogP) is 4.98. The summed E-state index contributed by atoms with van der Waals surface area (Å²) in [6.45, 7) is 3.08. The van der Waals surface area contributed by atoms with Gasteiger partial charge in [0.25, 0.3) is 0 Å². The van der Waals surface area contributed by atoms with E-state index in [-0.39, 0.29) is 24.2 Å². The summed E-state index contributed by atoms with van der Waals surface area (Å²) >= 11 is 5.69. The molecule has 2 fully saturated rings. The zero-order valence-corrected chi connectivity index (χ0v) is 20.0. The number of rotatable bonds is 6. The fraction of sp³-hybridized carbons (Fsp3) is 0.391. The maximum Gasteiger partial charge on any atom is 0.168 e. The summed E-state index contributed by atoms with van der Waals surface area (Å²) in [6, 6.07) is 6.33. The molecule has 3 heterocycles. The van der Waals surface area contributed by atoms with E-state index in [1.165, 1.54) is 32.3 Å². The molecule has 11 heteroatoms. The Bertz CT molecular complexity index is 1190. The van der Waals surface area contributed by atoms with Gasteiger partial charge in [0, 0.05) is 24.0 Å². The highest BCUT2D eigenvalue weighted by atomic mass is 35.5. The van der Waals surface area contributed by atoms with Crippen LogP contribution in [0.2, 0.25) is 5.02 Å². The van der Waals surface area contributed by atoms with Gasteiger partial charge < -0.3 is 19.5 Å². The van der Waals surface area contributed by atoms with Crippen LogP contribution >= 0.6 is 24.0 Å². The van der Waals surface area contributed by atoms with Crippen molar-refractivity contribution in [2.75, 3.05) is 38.7 Å². The summed E-state index contributed by atoms with van der Waals surface area (Å²) in [6.07, 6.45) is 3.73. The standard InChI is InChI=1S/C23H23ClF2N4O3.ClH/c1-31-19-7-15-18(8-20(19)33-11-14-9-30-6-2-3-13(30)10-32-14)27-12-28-23(15)29-17-5-4-16(25)21(24)22(17)26;/h4-5,7-8,12-14H,2-3,6,9-11H2,1H3,(H,27,28,29);1H/t13-,14-;/m0./s1. The van der Waals surface area contributed by atoms with Crippen LogP contribution in [0, 0.1) is 11.6 Å². The minimum atomic E-state index is -0.900. The maximum atomic E-state index is 14.4. The molecule has 182 valence electrons. The zero-order valence-electron chi connectivity index (χ0n) is 18.4. The normalized spacial score (nSPS) is 20.0. The number of nitrogens with zero attached hydrogens (tertiary/aromatic N) is 3. The molecular weight excluding hydrogens is 489 g/mol. The Morgan fingerprint density at radius 1 is 1.24 bits per heavy atom. The minimum absolute atomic E-state index is 0. The largest absolute Gasteiger partial charge is 0.493 e. The van der Waals surface area contributed by atoms with Gasteiger partial charge in [-0.25, -0.2) is 18.7 Å². The van der Waals surface area contributed by atoms with Crippen molar-refractivity contribution in [3.63, 3.8) is 0 Å². The summed E-state index contributed by atoms with van der Waals surface area (Å²) in [7, 11) is 1.54. The van der Waals surface area contributed by atoms with Crippen LogP contribution in [0.4, 0.5) is 20.3 Å². The minimum Gasteiger partial charge on any atom is -0.493 e. The molecule has 2 aliphatic rings. The van der Waals surface area contributed by atoms with Crippen molar-refractivity contribution in [3.05, 3.63) is 47.2 Å². The highest BCUT2D eigenvalue weighted by molar-refractivity contribution is 6.31. The summed E-state index contributed by atoms with van der Waals surface area (Å²) in [5.74, 6) is -0.409. The lowest BCUT2D eigenvalue weighted by Gasteiger charge is -2.35. The van der Waals surface area contributed by atoms with E-state index >= 15 is 0 Å². The molecule has 0 unspecified atom stereocenters. The summed E-state index contributed by atoms with van der Waals surface area (Å²) in [5, 5.41) is 2.85. The van der Waals surface area contributed by atoms with Crippen molar-refractivity contribution in [2.24, 2.45) is 0 Å². The van der Waals surface area contributed by atoms with Gasteiger partial charge >= 0.3 is 0 Å². The second kappa shape index (κ2) is 10.4. The topological polar surface area (TPSA) is 68.7 Å². The highest BCUT2D eigenvalue weighted by Gasteiger charge is 2.32. The van der Waals surface area contributed by atoms with Crippen LogP contribution in [0.3, 0.4) is 0 Å². The Balaban J connectivity index is 0.00000274. The molecule has 2 saturated heterocycles. The Morgan fingerprint density at radius 3 is 2.91 bits per heavy atom. The maximum absolute atomic E-state index is 14.4. The van der Waals surface area contributed by atoms with Gasteiger partial charge in [0.05, 0.1) is 24.9 Å². The van der Waals surface area contributed by atoms with Gasteiger partial charge in [-0.1, -0.05) is 11.6 Å². The van der Waals surface area contributed by atoms with Crippen LogP contribution in [0.1, 0.15) is 12.8 Å². The molecule has 5 rings (SSSR count). The molecule has 0 saturated carbocycles. The van der Waals surface area contributed by atoms with Crippen LogP contribution in [-0.2, 0) is 4.74 Å². The van der Waals surface area contributed by atoms with E-state index in [1.807, 2.05) is 0 Å². The second-order valence-electron chi connectivity index (χ2n) is 8.15. The third kappa shape index (κ3) is 4.84. The number of benzene rings is 2. The highest BCUT2D eigenvalue weighted by Crippen LogP contribution is 2.36. The van der Waals surface area contributed by atoms with Crippen molar-refractivity contribution in [1.29, 1.82) is 0 Å². The van der Waals surface area contributed by atoms with Crippen LogP contribution < -0.4 is 14.8 Å². The molecule has 0 aliphatic carbocycles. The molecule has 1 N–H and O–H groups in total. The molecule has 3 aromatic rings. The van der Waals surface area contributed by atoms with Crippen molar-refractivity contribution in [1.82, 2.24) is 14.9 Å². The Hall–Kier alpha value is -2.46. The Labute approximate surface area is 206 Å². The van der Waals surface area contributed by atoms with Crippen LogP contribution in [0.25, 0.3) is 10.9 Å². The average molecular weight is 513 g/mol. The van der Waals surface area contributed by atoms with E-state index < -0.39 is 16.7 Å². The molecule has 0 radical (unpaired) electrons. The van der Waals surface area contributed by atoms with Crippen molar-refractivity contribution in [2.45, 2.75) is 25.0 Å². The number of methoxy groups -OCH3 is 1. The molecule has 34 heavy (non-hydrogen) atoms. The van der Waals surface area contributed by atoms with E-state index in [2.05, 4.69) is 20.2 Å². The molecule has 2 aliphatic heterocycles. The summed E-state index contributed by atoms with van der Waals surface area (Å²) < 4.78 is 45.4. The Morgan fingerprint density at radius 2 is 2.09 bits per heavy atom. The van der Waals surface area contributed by atoms with E-state index in [0.29, 0.717) is 40.9 Å². The zero-order chi connectivity index (χ0) is 22.9. The number of fused-ring (bicyclic) bond motifs is 2. The summed E-state index contributed by atoms with van der Waals surface area (Å²) in [5.41, 5.74) is 0.566. The van der Waals surface area contributed by atoms with Crippen LogP contribution in [0.5, 0.6) is 11.5 Å². The number of hydrogen-bond acceptors (Lipinski definition) is 7. The number of nitrogens with one attached hydrogen (secondary N) is 1. The average Bonchev–Trinajstić information content (AvgIpc) is 3.30. The predicted molar refractivity (Wildman–Crippen MR) is 128 cm³/mol. The van der Waals surface area contributed by atoms with Gasteiger partial charge in [-0.15, -0.1) is 12.4 Å². The first-order valence-electron chi connectivity index (χ1n) is 10.7. The van der Waals surface area contributed by atoms with E-state index in [1.54, 1.807) is 12.1 Å². The first-order valence-corrected chi connectivity index (χ1v) is 11.1. The smallest absolute Gasteiger partial charge is 0.168 e. The lowest BCUT2D eigenvalue weighted by Crippen LogP contribution is -2.48. The van der Waals surface area contributed by atoms with E-state index in [4.69, 9.17) is 25.8 Å². The lowest BCUT2D eigenvalue weighted by molar-refractivity contribution is -0.0655. The number of ether oxygens (including phenoxy) is 3. The molecule has 0 spiro atoms. The molecule has 2 aromatic carbocycles. The first-order chi connectivity index (χ1) is 16.0. The van der Waals surface area contributed by atoms with Gasteiger partial charge in [0.15, 0.2) is 17.3 Å². The number of hydrogen-bond donors (Lipinski definition) is 1. The lowest BCUT2D eigenvalue weighted by atomic mass is 10.2. The number of morpholine rings is 1. The molecule has 0 amide bonds. The van der Waals surface area contributed by atoms with Gasteiger partial charge in [-0.05, 0) is 37.6 Å². The third-order valence-corrected chi connectivity index (χ3v) is 6.44. The Kier molecular flexibility index (Phi) is 7.57. The van der Waals surface area contributed by atoms with Gasteiger partial charge in [-0.2, -0.15) is 0 Å². The first kappa shape index (κ1) is 24.7.